The second-order valence-corrected chi connectivity index (χ2v) is 4.50. The van der Waals surface area contributed by atoms with E-state index < -0.39 is 0 Å². The molecular formula is C12H17NO. The minimum atomic E-state index is 0.142. The lowest BCUT2D eigenvalue weighted by molar-refractivity contribution is 0.470. The van der Waals surface area contributed by atoms with Crippen LogP contribution in [-0.4, -0.2) is 11.1 Å². The Kier molecular flexibility index (Phi) is 2.04. The van der Waals surface area contributed by atoms with Crippen molar-refractivity contribution < 1.29 is 5.11 Å². The molecule has 76 valence electrons. The van der Waals surface area contributed by atoms with Crippen molar-refractivity contribution in [1.82, 2.24) is 0 Å². The zero-order valence-electron chi connectivity index (χ0n) is 8.75. The van der Waals surface area contributed by atoms with Crippen molar-refractivity contribution in [2.45, 2.75) is 38.1 Å². The first kappa shape index (κ1) is 9.53. The quantitative estimate of drug-likeness (QED) is 0.751. The van der Waals surface area contributed by atoms with Gasteiger partial charge in [0.2, 0.25) is 0 Å². The summed E-state index contributed by atoms with van der Waals surface area (Å²) in [5, 5.41) is 9.53. The smallest absolute Gasteiger partial charge is 0.116 e. The Morgan fingerprint density at radius 3 is 2.43 bits per heavy atom. The molecule has 0 amide bonds. The van der Waals surface area contributed by atoms with Gasteiger partial charge in [0.05, 0.1) is 0 Å². The molecule has 0 aromatic heterocycles. The summed E-state index contributed by atoms with van der Waals surface area (Å²) in [6.07, 6.45) is 2.29. The van der Waals surface area contributed by atoms with Crippen molar-refractivity contribution in [2.24, 2.45) is 5.73 Å². The third kappa shape index (κ3) is 1.40. The fourth-order valence-corrected chi connectivity index (χ4v) is 2.19. The van der Waals surface area contributed by atoms with Gasteiger partial charge in [-0.15, -0.1) is 0 Å². The van der Waals surface area contributed by atoms with Crippen molar-refractivity contribution in [3.8, 4) is 5.75 Å². The molecule has 1 fully saturated rings. The molecule has 1 aromatic carbocycles. The van der Waals surface area contributed by atoms with Gasteiger partial charge in [-0.2, -0.15) is 0 Å². The molecular weight excluding hydrogens is 174 g/mol. The van der Waals surface area contributed by atoms with Gasteiger partial charge in [-0.1, -0.05) is 6.07 Å². The predicted octanol–water partition coefficient (Wildman–Crippen LogP) is 2.08. The molecule has 0 saturated heterocycles. The first-order valence-electron chi connectivity index (χ1n) is 5.11. The highest BCUT2D eigenvalue weighted by molar-refractivity contribution is 5.41. The summed E-state index contributed by atoms with van der Waals surface area (Å²) in [6, 6.07) is 5.93. The molecule has 1 aliphatic carbocycles. The minimum absolute atomic E-state index is 0.142. The molecule has 0 heterocycles. The number of hydrogen-bond acceptors (Lipinski definition) is 2. The maximum absolute atomic E-state index is 9.53. The van der Waals surface area contributed by atoms with Crippen LogP contribution >= 0.6 is 0 Å². The van der Waals surface area contributed by atoms with Crippen LogP contribution < -0.4 is 5.73 Å². The number of aryl methyl sites for hydroxylation is 1. The molecule has 3 N–H and O–H groups in total. The lowest BCUT2D eigenvalue weighted by Gasteiger charge is -2.20. The molecule has 1 aliphatic rings. The van der Waals surface area contributed by atoms with E-state index >= 15 is 0 Å². The number of phenolic OH excluding ortho intramolecular Hbond substituents is 1. The number of nitrogens with two attached hydrogens (primary N) is 1. The van der Waals surface area contributed by atoms with E-state index in [0.717, 1.165) is 18.4 Å². The Morgan fingerprint density at radius 2 is 2.00 bits per heavy atom. The molecule has 2 nitrogen and oxygen atoms in total. The molecule has 2 rings (SSSR count). The van der Waals surface area contributed by atoms with Crippen LogP contribution in [0.25, 0.3) is 0 Å². The van der Waals surface area contributed by atoms with E-state index in [4.69, 9.17) is 5.73 Å². The van der Waals surface area contributed by atoms with Crippen LogP contribution in [0.1, 0.15) is 30.9 Å². The van der Waals surface area contributed by atoms with Crippen molar-refractivity contribution in [1.29, 1.82) is 0 Å². The van der Waals surface area contributed by atoms with Gasteiger partial charge >= 0.3 is 0 Å². The fourth-order valence-electron chi connectivity index (χ4n) is 2.19. The molecule has 1 aromatic rings. The lowest BCUT2D eigenvalue weighted by Crippen LogP contribution is -2.31. The highest BCUT2D eigenvalue weighted by atomic mass is 16.3. The van der Waals surface area contributed by atoms with Crippen molar-refractivity contribution >= 4 is 0 Å². The van der Waals surface area contributed by atoms with Crippen molar-refractivity contribution in [3.05, 3.63) is 29.3 Å². The molecule has 1 atom stereocenters. The van der Waals surface area contributed by atoms with Crippen LogP contribution in [-0.2, 0) is 5.41 Å². The maximum atomic E-state index is 9.53. The van der Waals surface area contributed by atoms with E-state index in [-0.39, 0.29) is 11.5 Å². The molecule has 0 radical (unpaired) electrons. The standard InChI is InChI=1S/C12H17NO/c1-8-5-10(7-11(14)6-8)12(3-4-12)9(2)13/h5-7,9,14H,3-4,13H2,1-2H3. The summed E-state index contributed by atoms with van der Waals surface area (Å²) in [4.78, 5) is 0. The van der Waals surface area contributed by atoms with E-state index in [1.807, 2.05) is 19.9 Å². The third-order valence-corrected chi connectivity index (χ3v) is 3.30. The Bertz CT molecular complexity index is 333. The second kappa shape index (κ2) is 2.99. The van der Waals surface area contributed by atoms with Gasteiger partial charge < -0.3 is 10.8 Å². The van der Waals surface area contributed by atoms with E-state index in [9.17, 15) is 5.11 Å². The zero-order valence-corrected chi connectivity index (χ0v) is 8.75. The number of hydrogen-bond donors (Lipinski definition) is 2. The van der Waals surface area contributed by atoms with Crippen LogP contribution in [0.2, 0.25) is 0 Å². The summed E-state index contributed by atoms with van der Waals surface area (Å²) < 4.78 is 0. The first-order valence-corrected chi connectivity index (χ1v) is 5.11. The molecule has 0 bridgehead atoms. The number of aromatic hydroxyl groups is 1. The Hall–Kier alpha value is -1.02. The highest BCUT2D eigenvalue weighted by Crippen LogP contribution is 2.50. The van der Waals surface area contributed by atoms with Gasteiger partial charge in [0.15, 0.2) is 0 Å². The summed E-state index contributed by atoms with van der Waals surface area (Å²) >= 11 is 0. The Morgan fingerprint density at radius 1 is 1.36 bits per heavy atom. The van der Waals surface area contributed by atoms with Gasteiger partial charge in [-0.05, 0) is 49.9 Å². The van der Waals surface area contributed by atoms with Gasteiger partial charge in [-0.3, -0.25) is 0 Å². The van der Waals surface area contributed by atoms with Crippen molar-refractivity contribution in [2.75, 3.05) is 0 Å². The summed E-state index contributed by atoms with van der Waals surface area (Å²) in [5.41, 5.74) is 8.43. The van der Waals surface area contributed by atoms with E-state index in [1.165, 1.54) is 5.56 Å². The summed E-state index contributed by atoms with van der Waals surface area (Å²) in [5.74, 6) is 0.354. The number of phenols is 1. The average molecular weight is 191 g/mol. The van der Waals surface area contributed by atoms with Gasteiger partial charge in [0.1, 0.15) is 5.75 Å². The Balaban J connectivity index is 2.42. The molecule has 2 heteroatoms. The molecule has 0 spiro atoms. The van der Waals surface area contributed by atoms with Crippen molar-refractivity contribution in [3.63, 3.8) is 0 Å². The monoisotopic (exact) mass is 191 g/mol. The largest absolute Gasteiger partial charge is 0.508 e. The second-order valence-electron chi connectivity index (χ2n) is 4.50. The molecule has 0 aliphatic heterocycles. The van der Waals surface area contributed by atoms with Gasteiger partial charge in [0.25, 0.3) is 0 Å². The maximum Gasteiger partial charge on any atom is 0.116 e. The zero-order chi connectivity index (χ0) is 10.3. The summed E-state index contributed by atoms with van der Waals surface area (Å²) in [6.45, 7) is 4.05. The molecule has 1 saturated carbocycles. The number of rotatable bonds is 2. The predicted molar refractivity (Wildman–Crippen MR) is 57.4 cm³/mol. The van der Waals surface area contributed by atoms with Gasteiger partial charge in [-0.25, -0.2) is 0 Å². The average Bonchev–Trinajstić information content (AvgIpc) is 2.81. The van der Waals surface area contributed by atoms with E-state index in [0.29, 0.717) is 5.75 Å². The third-order valence-electron chi connectivity index (χ3n) is 3.30. The Labute approximate surface area is 84.7 Å². The fraction of sp³-hybridized carbons (Fsp3) is 0.500. The van der Waals surface area contributed by atoms with E-state index in [1.54, 1.807) is 6.07 Å². The first-order chi connectivity index (χ1) is 6.54. The lowest BCUT2D eigenvalue weighted by atomic mass is 9.88. The topological polar surface area (TPSA) is 46.2 Å². The van der Waals surface area contributed by atoms with Crippen LogP contribution in [0.5, 0.6) is 5.75 Å². The number of benzene rings is 1. The van der Waals surface area contributed by atoms with Gasteiger partial charge in [0, 0.05) is 11.5 Å². The van der Waals surface area contributed by atoms with Crippen LogP contribution in [0, 0.1) is 6.92 Å². The summed E-state index contributed by atoms with van der Waals surface area (Å²) in [7, 11) is 0. The minimum Gasteiger partial charge on any atom is -0.508 e. The van der Waals surface area contributed by atoms with Crippen LogP contribution in [0.4, 0.5) is 0 Å². The normalized spacial score (nSPS) is 20.5. The van der Waals surface area contributed by atoms with Crippen LogP contribution in [0.3, 0.4) is 0 Å². The molecule has 1 unspecified atom stereocenters. The van der Waals surface area contributed by atoms with Crippen LogP contribution in [0.15, 0.2) is 18.2 Å². The van der Waals surface area contributed by atoms with E-state index in [2.05, 4.69) is 6.07 Å². The highest BCUT2D eigenvalue weighted by Gasteiger charge is 2.47. The SMILES string of the molecule is Cc1cc(O)cc(C2(C(C)N)CC2)c1. The molecule has 14 heavy (non-hydrogen) atoms.